The van der Waals surface area contributed by atoms with Crippen molar-refractivity contribution >= 4 is 5.91 Å². The number of carbonyl (C=O) groups excluding carboxylic acids is 1. The second kappa shape index (κ2) is 6.82. The van der Waals surface area contributed by atoms with Crippen molar-refractivity contribution in [3.8, 4) is 0 Å². The summed E-state index contributed by atoms with van der Waals surface area (Å²) in [5.74, 6) is 0.126. The van der Waals surface area contributed by atoms with Gasteiger partial charge in [-0.15, -0.1) is 0 Å². The zero-order valence-electron chi connectivity index (χ0n) is 9.94. The highest BCUT2D eigenvalue weighted by molar-refractivity contribution is 5.75. The van der Waals surface area contributed by atoms with E-state index in [-0.39, 0.29) is 11.4 Å². The topological polar surface area (TPSA) is 41.1 Å². The molecule has 0 aromatic rings. The van der Waals surface area contributed by atoms with Crippen molar-refractivity contribution in [1.82, 2.24) is 10.6 Å². The average molecular weight is 200 g/mol. The van der Waals surface area contributed by atoms with Gasteiger partial charge < -0.3 is 10.6 Å². The van der Waals surface area contributed by atoms with Crippen molar-refractivity contribution in [2.45, 2.75) is 52.0 Å². The van der Waals surface area contributed by atoms with E-state index in [1.807, 2.05) is 0 Å². The summed E-state index contributed by atoms with van der Waals surface area (Å²) in [7, 11) is 1.68. The first-order chi connectivity index (χ1) is 6.58. The quantitative estimate of drug-likeness (QED) is 0.614. The lowest BCUT2D eigenvalue weighted by molar-refractivity contribution is -0.120. The van der Waals surface area contributed by atoms with Crippen LogP contribution in [0.2, 0.25) is 0 Å². The van der Waals surface area contributed by atoms with E-state index in [9.17, 15) is 4.79 Å². The molecule has 14 heavy (non-hydrogen) atoms. The monoisotopic (exact) mass is 200 g/mol. The number of amides is 1. The SMILES string of the molecule is CCC(C)(CC)NCCCC(=O)NC. The van der Waals surface area contributed by atoms with Gasteiger partial charge >= 0.3 is 0 Å². The van der Waals surface area contributed by atoms with E-state index in [1.165, 1.54) is 0 Å². The molecule has 0 saturated heterocycles. The van der Waals surface area contributed by atoms with Gasteiger partial charge in [-0.1, -0.05) is 13.8 Å². The summed E-state index contributed by atoms with van der Waals surface area (Å²) < 4.78 is 0. The molecule has 84 valence electrons. The zero-order chi connectivity index (χ0) is 11.0. The molecule has 0 saturated carbocycles. The van der Waals surface area contributed by atoms with Crippen molar-refractivity contribution < 1.29 is 4.79 Å². The average Bonchev–Trinajstić information content (AvgIpc) is 2.23. The Labute approximate surface area is 87.6 Å². The number of hydrogen-bond acceptors (Lipinski definition) is 2. The molecule has 0 aromatic heterocycles. The van der Waals surface area contributed by atoms with Crippen LogP contribution in [0.4, 0.5) is 0 Å². The maximum absolute atomic E-state index is 10.9. The first-order valence-electron chi connectivity index (χ1n) is 5.53. The van der Waals surface area contributed by atoms with Crippen molar-refractivity contribution in [3.05, 3.63) is 0 Å². The molecule has 2 N–H and O–H groups in total. The van der Waals surface area contributed by atoms with Gasteiger partial charge in [-0.2, -0.15) is 0 Å². The Morgan fingerprint density at radius 1 is 1.29 bits per heavy atom. The number of rotatable bonds is 7. The fourth-order valence-electron chi connectivity index (χ4n) is 1.26. The van der Waals surface area contributed by atoms with Crippen LogP contribution in [-0.2, 0) is 4.79 Å². The van der Waals surface area contributed by atoms with Gasteiger partial charge in [-0.05, 0) is 32.7 Å². The molecular weight excluding hydrogens is 176 g/mol. The van der Waals surface area contributed by atoms with Crippen molar-refractivity contribution in [2.24, 2.45) is 0 Å². The Balaban J connectivity index is 3.57. The van der Waals surface area contributed by atoms with Crippen LogP contribution in [0.5, 0.6) is 0 Å². The van der Waals surface area contributed by atoms with E-state index in [0.717, 1.165) is 25.8 Å². The predicted molar refractivity (Wildman–Crippen MR) is 60.3 cm³/mol. The Morgan fingerprint density at radius 2 is 1.86 bits per heavy atom. The lowest BCUT2D eigenvalue weighted by atomic mass is 9.95. The zero-order valence-corrected chi connectivity index (χ0v) is 9.94. The normalized spacial score (nSPS) is 11.4. The second-order valence-corrected chi connectivity index (χ2v) is 3.97. The molecule has 0 heterocycles. The highest BCUT2D eigenvalue weighted by Gasteiger charge is 2.17. The largest absolute Gasteiger partial charge is 0.359 e. The summed E-state index contributed by atoms with van der Waals surface area (Å²) in [6.45, 7) is 7.53. The van der Waals surface area contributed by atoms with Crippen LogP contribution >= 0.6 is 0 Å². The molecule has 0 aliphatic carbocycles. The Bertz CT molecular complexity index is 165. The summed E-state index contributed by atoms with van der Waals surface area (Å²) in [5, 5.41) is 6.12. The van der Waals surface area contributed by atoms with Crippen LogP contribution in [-0.4, -0.2) is 25.0 Å². The minimum absolute atomic E-state index is 0.126. The van der Waals surface area contributed by atoms with Crippen LogP contribution in [0.3, 0.4) is 0 Å². The third-order valence-electron chi connectivity index (χ3n) is 2.97. The minimum Gasteiger partial charge on any atom is -0.359 e. The van der Waals surface area contributed by atoms with Crippen molar-refractivity contribution in [3.63, 3.8) is 0 Å². The van der Waals surface area contributed by atoms with E-state index >= 15 is 0 Å². The highest BCUT2D eigenvalue weighted by atomic mass is 16.1. The summed E-state index contributed by atoms with van der Waals surface area (Å²) in [6.07, 6.45) is 3.79. The molecule has 0 fully saturated rings. The highest BCUT2D eigenvalue weighted by Crippen LogP contribution is 2.13. The molecule has 0 bridgehead atoms. The molecule has 0 rings (SSSR count). The molecule has 0 radical (unpaired) electrons. The first-order valence-corrected chi connectivity index (χ1v) is 5.53. The molecule has 0 unspecified atom stereocenters. The van der Waals surface area contributed by atoms with E-state index in [2.05, 4.69) is 31.4 Å². The van der Waals surface area contributed by atoms with Crippen LogP contribution in [0.25, 0.3) is 0 Å². The standard InChI is InChI=1S/C11H24N2O/c1-5-11(3,6-2)13-9-7-8-10(14)12-4/h13H,5-9H2,1-4H3,(H,12,14). The fraction of sp³-hybridized carbons (Fsp3) is 0.909. The smallest absolute Gasteiger partial charge is 0.219 e. The number of nitrogens with one attached hydrogen (secondary N) is 2. The van der Waals surface area contributed by atoms with Crippen LogP contribution < -0.4 is 10.6 Å². The Kier molecular flexibility index (Phi) is 6.54. The van der Waals surface area contributed by atoms with Crippen LogP contribution in [0.1, 0.15) is 46.5 Å². The molecule has 0 aliphatic heterocycles. The maximum atomic E-state index is 10.9. The Hall–Kier alpha value is -0.570. The maximum Gasteiger partial charge on any atom is 0.219 e. The summed E-state index contributed by atoms with van der Waals surface area (Å²) >= 11 is 0. The summed E-state index contributed by atoms with van der Waals surface area (Å²) in [6, 6.07) is 0. The predicted octanol–water partition coefficient (Wildman–Crippen LogP) is 1.68. The van der Waals surface area contributed by atoms with Gasteiger partial charge in [0.25, 0.3) is 0 Å². The van der Waals surface area contributed by atoms with E-state index < -0.39 is 0 Å². The fourth-order valence-corrected chi connectivity index (χ4v) is 1.26. The van der Waals surface area contributed by atoms with E-state index in [4.69, 9.17) is 0 Å². The van der Waals surface area contributed by atoms with Gasteiger partial charge in [0.15, 0.2) is 0 Å². The van der Waals surface area contributed by atoms with Gasteiger partial charge in [0.2, 0.25) is 5.91 Å². The minimum atomic E-state index is 0.126. The summed E-state index contributed by atoms with van der Waals surface area (Å²) in [5.41, 5.74) is 0.239. The molecule has 0 spiro atoms. The number of carbonyl (C=O) groups is 1. The molecular formula is C11H24N2O. The van der Waals surface area contributed by atoms with Gasteiger partial charge in [0.1, 0.15) is 0 Å². The third kappa shape index (κ3) is 5.22. The van der Waals surface area contributed by atoms with E-state index in [1.54, 1.807) is 7.05 Å². The molecule has 0 atom stereocenters. The van der Waals surface area contributed by atoms with Gasteiger partial charge in [0.05, 0.1) is 0 Å². The molecule has 3 heteroatoms. The molecule has 0 aliphatic rings. The molecule has 1 amide bonds. The summed E-state index contributed by atoms with van der Waals surface area (Å²) in [4.78, 5) is 10.9. The molecule has 3 nitrogen and oxygen atoms in total. The third-order valence-corrected chi connectivity index (χ3v) is 2.97. The second-order valence-electron chi connectivity index (χ2n) is 3.97. The first kappa shape index (κ1) is 13.4. The van der Waals surface area contributed by atoms with Gasteiger partial charge in [0, 0.05) is 19.0 Å². The van der Waals surface area contributed by atoms with E-state index in [0.29, 0.717) is 6.42 Å². The van der Waals surface area contributed by atoms with Gasteiger partial charge in [-0.3, -0.25) is 4.79 Å². The lowest BCUT2D eigenvalue weighted by Gasteiger charge is -2.28. The lowest BCUT2D eigenvalue weighted by Crippen LogP contribution is -2.41. The van der Waals surface area contributed by atoms with Crippen LogP contribution in [0.15, 0.2) is 0 Å². The van der Waals surface area contributed by atoms with Crippen molar-refractivity contribution in [2.75, 3.05) is 13.6 Å². The van der Waals surface area contributed by atoms with Gasteiger partial charge in [-0.25, -0.2) is 0 Å². The molecule has 0 aromatic carbocycles. The van der Waals surface area contributed by atoms with Crippen LogP contribution in [0, 0.1) is 0 Å². The van der Waals surface area contributed by atoms with Crippen molar-refractivity contribution in [1.29, 1.82) is 0 Å². The number of hydrogen-bond donors (Lipinski definition) is 2. The Morgan fingerprint density at radius 3 is 2.29 bits per heavy atom.